The fourth-order valence-corrected chi connectivity index (χ4v) is 4.85. The van der Waals surface area contributed by atoms with Crippen molar-refractivity contribution in [2.75, 3.05) is 0 Å². The molecule has 6 rings (SSSR count). The van der Waals surface area contributed by atoms with E-state index >= 15 is 0 Å². The van der Waals surface area contributed by atoms with Gasteiger partial charge in [0.1, 0.15) is 0 Å². The van der Waals surface area contributed by atoms with Gasteiger partial charge in [-0.15, -0.1) is 0 Å². The van der Waals surface area contributed by atoms with E-state index in [1.165, 1.54) is 33.1 Å². The lowest BCUT2D eigenvalue weighted by Gasteiger charge is -2.32. The van der Waals surface area contributed by atoms with Crippen molar-refractivity contribution in [2.24, 2.45) is 0 Å². The van der Waals surface area contributed by atoms with Gasteiger partial charge in [0.05, 0.1) is 22.2 Å². The first kappa shape index (κ1) is 21.2. The molecule has 3 nitrogen and oxygen atoms in total. The average molecular weight is 445 g/mol. The van der Waals surface area contributed by atoms with Crippen molar-refractivity contribution < 1.29 is 9.31 Å². The van der Waals surface area contributed by atoms with E-state index in [2.05, 4.69) is 129 Å². The minimum Gasteiger partial charge on any atom is -0.399 e. The summed E-state index contributed by atoms with van der Waals surface area (Å²) in [5.74, 6) is 0. The molecule has 0 spiro atoms. The maximum atomic E-state index is 6.30. The van der Waals surface area contributed by atoms with Gasteiger partial charge < -0.3 is 13.9 Å². The number of para-hydroxylation sites is 2. The number of hydrogen-bond donors (Lipinski definition) is 0. The Morgan fingerprint density at radius 3 is 2.00 bits per heavy atom. The van der Waals surface area contributed by atoms with Crippen LogP contribution in [0.1, 0.15) is 27.7 Å². The van der Waals surface area contributed by atoms with Gasteiger partial charge in [-0.05, 0) is 74.6 Å². The van der Waals surface area contributed by atoms with E-state index in [0.29, 0.717) is 0 Å². The van der Waals surface area contributed by atoms with Crippen molar-refractivity contribution in [1.82, 2.24) is 4.57 Å². The summed E-state index contributed by atoms with van der Waals surface area (Å²) in [6.07, 6.45) is 0. The molecule has 0 radical (unpaired) electrons. The molecule has 0 amide bonds. The molecule has 0 saturated carbocycles. The van der Waals surface area contributed by atoms with Gasteiger partial charge in [0, 0.05) is 16.5 Å². The quantitative estimate of drug-likeness (QED) is 0.287. The molecule has 0 bridgehead atoms. The Hall–Kier alpha value is -3.34. The normalized spacial score (nSPS) is 17.0. The van der Waals surface area contributed by atoms with E-state index in [1.807, 2.05) is 0 Å². The van der Waals surface area contributed by atoms with Crippen LogP contribution in [0, 0.1) is 0 Å². The molecule has 0 N–H and O–H groups in total. The number of hydrogen-bond acceptors (Lipinski definition) is 2. The highest BCUT2D eigenvalue weighted by Crippen LogP contribution is 2.37. The predicted octanol–water partition coefficient (Wildman–Crippen LogP) is 6.75. The van der Waals surface area contributed by atoms with E-state index in [0.717, 1.165) is 11.0 Å². The van der Waals surface area contributed by atoms with Gasteiger partial charge in [-0.25, -0.2) is 0 Å². The highest BCUT2D eigenvalue weighted by atomic mass is 16.7. The van der Waals surface area contributed by atoms with Gasteiger partial charge in [-0.1, -0.05) is 66.7 Å². The number of benzene rings is 4. The van der Waals surface area contributed by atoms with Gasteiger partial charge >= 0.3 is 7.12 Å². The second-order valence-electron chi connectivity index (χ2n) is 10.1. The number of aromatic nitrogens is 1. The molecule has 4 heteroatoms. The van der Waals surface area contributed by atoms with Crippen molar-refractivity contribution >= 4 is 34.4 Å². The summed E-state index contributed by atoms with van der Waals surface area (Å²) in [6, 6.07) is 34.5. The fourth-order valence-electron chi connectivity index (χ4n) is 4.85. The minimum absolute atomic E-state index is 0.355. The van der Waals surface area contributed by atoms with Crippen LogP contribution in [0.4, 0.5) is 0 Å². The smallest absolute Gasteiger partial charge is 0.399 e. The molecule has 168 valence electrons. The Bertz CT molecular complexity index is 1500. The van der Waals surface area contributed by atoms with Crippen molar-refractivity contribution in [1.29, 1.82) is 0 Å². The standard InChI is InChI=1S/C30H28BNO2/c1-29(2)30(3,4)34-31(33-29)23-12-10-11-21(19-23)22-17-18-28-26(20-22)25-15-8-9-16-27(25)32(28)24-13-6-5-7-14-24/h5-20H,1-4H3. The zero-order valence-corrected chi connectivity index (χ0v) is 20.1. The summed E-state index contributed by atoms with van der Waals surface area (Å²) >= 11 is 0. The topological polar surface area (TPSA) is 23.4 Å². The lowest BCUT2D eigenvalue weighted by molar-refractivity contribution is 0.00578. The number of rotatable bonds is 3. The first-order valence-electron chi connectivity index (χ1n) is 11.9. The average Bonchev–Trinajstić information content (AvgIpc) is 3.29. The molecule has 1 fully saturated rings. The first-order chi connectivity index (χ1) is 16.3. The maximum Gasteiger partial charge on any atom is 0.494 e. The van der Waals surface area contributed by atoms with E-state index in [9.17, 15) is 0 Å². The molecule has 0 aliphatic carbocycles. The second kappa shape index (κ2) is 7.59. The van der Waals surface area contributed by atoms with E-state index < -0.39 is 0 Å². The van der Waals surface area contributed by atoms with Crippen LogP contribution in [0.2, 0.25) is 0 Å². The fraction of sp³-hybridized carbons (Fsp3) is 0.200. The van der Waals surface area contributed by atoms with Crippen LogP contribution in [0.25, 0.3) is 38.6 Å². The van der Waals surface area contributed by atoms with Gasteiger partial charge in [0.25, 0.3) is 0 Å². The molecule has 4 aromatic carbocycles. The third-order valence-electron chi connectivity index (χ3n) is 7.43. The van der Waals surface area contributed by atoms with E-state index in [1.54, 1.807) is 0 Å². The van der Waals surface area contributed by atoms with Crippen molar-refractivity contribution in [3.63, 3.8) is 0 Å². The van der Waals surface area contributed by atoms with Crippen LogP contribution in [0.3, 0.4) is 0 Å². The van der Waals surface area contributed by atoms with Gasteiger partial charge in [0.2, 0.25) is 0 Å². The monoisotopic (exact) mass is 445 g/mol. The van der Waals surface area contributed by atoms with Gasteiger partial charge in [-0.3, -0.25) is 0 Å². The van der Waals surface area contributed by atoms with Gasteiger partial charge in [-0.2, -0.15) is 0 Å². The van der Waals surface area contributed by atoms with E-state index in [-0.39, 0.29) is 18.3 Å². The SMILES string of the molecule is CC1(C)OB(c2cccc(-c3ccc4c(c3)c3ccccc3n4-c3ccccc3)c2)OC1(C)C. The predicted molar refractivity (Wildman–Crippen MR) is 142 cm³/mol. The zero-order chi connectivity index (χ0) is 23.5. The Balaban J connectivity index is 1.47. The van der Waals surface area contributed by atoms with Gasteiger partial charge in [0.15, 0.2) is 0 Å². The third kappa shape index (κ3) is 3.29. The summed E-state index contributed by atoms with van der Waals surface area (Å²) < 4.78 is 14.9. The maximum absolute atomic E-state index is 6.30. The largest absolute Gasteiger partial charge is 0.494 e. The number of nitrogens with zero attached hydrogens (tertiary/aromatic N) is 1. The Morgan fingerprint density at radius 2 is 1.24 bits per heavy atom. The molecule has 1 aliphatic rings. The molecular formula is C30H28BNO2. The van der Waals surface area contributed by atoms with Crippen LogP contribution >= 0.6 is 0 Å². The summed E-state index contributed by atoms with van der Waals surface area (Å²) in [4.78, 5) is 0. The number of fused-ring (bicyclic) bond motifs is 3. The highest BCUT2D eigenvalue weighted by molar-refractivity contribution is 6.62. The molecule has 34 heavy (non-hydrogen) atoms. The minimum atomic E-state index is -0.367. The Kier molecular flexibility index (Phi) is 4.74. The molecule has 2 heterocycles. The first-order valence-corrected chi connectivity index (χ1v) is 11.9. The van der Waals surface area contributed by atoms with Crippen molar-refractivity contribution in [2.45, 2.75) is 38.9 Å². The van der Waals surface area contributed by atoms with Crippen molar-refractivity contribution in [3.8, 4) is 16.8 Å². The van der Waals surface area contributed by atoms with Crippen LogP contribution in [-0.4, -0.2) is 22.9 Å². The molecule has 5 aromatic rings. The summed E-state index contributed by atoms with van der Waals surface area (Å²) in [6.45, 7) is 8.36. The van der Waals surface area contributed by atoms with Crippen LogP contribution in [-0.2, 0) is 9.31 Å². The van der Waals surface area contributed by atoms with Crippen LogP contribution in [0.5, 0.6) is 0 Å². The summed E-state index contributed by atoms with van der Waals surface area (Å²) in [7, 11) is -0.367. The molecule has 1 aromatic heterocycles. The second-order valence-corrected chi connectivity index (χ2v) is 10.1. The lowest BCUT2D eigenvalue weighted by atomic mass is 9.78. The van der Waals surface area contributed by atoms with Crippen LogP contribution in [0.15, 0.2) is 97.1 Å². The summed E-state index contributed by atoms with van der Waals surface area (Å²) in [5.41, 5.74) is 6.27. The molecule has 1 saturated heterocycles. The highest BCUT2D eigenvalue weighted by Gasteiger charge is 2.51. The summed E-state index contributed by atoms with van der Waals surface area (Å²) in [5, 5.41) is 2.50. The molecule has 1 aliphatic heterocycles. The lowest BCUT2D eigenvalue weighted by Crippen LogP contribution is -2.41. The molecular weight excluding hydrogens is 417 g/mol. The van der Waals surface area contributed by atoms with Crippen LogP contribution < -0.4 is 5.46 Å². The van der Waals surface area contributed by atoms with E-state index in [4.69, 9.17) is 9.31 Å². The zero-order valence-electron chi connectivity index (χ0n) is 20.1. The Labute approximate surface area is 201 Å². The molecule has 0 unspecified atom stereocenters. The Morgan fingerprint density at radius 1 is 0.588 bits per heavy atom. The third-order valence-corrected chi connectivity index (χ3v) is 7.43. The van der Waals surface area contributed by atoms with Crippen molar-refractivity contribution in [3.05, 3.63) is 97.1 Å². The molecule has 0 atom stereocenters.